The maximum Gasteiger partial charge on any atom is 0.152 e. The molecule has 0 spiro atoms. The standard InChI is InChI=1S/C14H21N3/c15-12-7-3-9-16-14(12)17-10-4-6-11-5-1-2-8-13(11)17/h3,7,9,11,13H,1-2,4-6,8,10,15H2/t11-,13?/m0/s1. The molecule has 92 valence electrons. The van der Waals surface area contributed by atoms with E-state index in [1.807, 2.05) is 18.3 Å². The van der Waals surface area contributed by atoms with Crippen LogP contribution in [-0.4, -0.2) is 17.6 Å². The van der Waals surface area contributed by atoms with E-state index in [4.69, 9.17) is 5.73 Å². The highest BCUT2D eigenvalue weighted by atomic mass is 15.2. The van der Waals surface area contributed by atoms with Gasteiger partial charge in [-0.25, -0.2) is 4.98 Å². The number of nitrogens with zero attached hydrogens (tertiary/aromatic N) is 2. The first-order valence-electron chi connectivity index (χ1n) is 6.83. The van der Waals surface area contributed by atoms with Crippen LogP contribution in [-0.2, 0) is 0 Å². The molecule has 1 saturated carbocycles. The van der Waals surface area contributed by atoms with Crippen LogP contribution in [0.3, 0.4) is 0 Å². The molecule has 1 aromatic heterocycles. The van der Waals surface area contributed by atoms with Crippen molar-refractivity contribution < 1.29 is 0 Å². The summed E-state index contributed by atoms with van der Waals surface area (Å²) in [4.78, 5) is 6.97. The summed E-state index contributed by atoms with van der Waals surface area (Å²) in [6, 6.07) is 4.57. The van der Waals surface area contributed by atoms with Crippen molar-refractivity contribution in [2.24, 2.45) is 5.92 Å². The van der Waals surface area contributed by atoms with Gasteiger partial charge in [0.2, 0.25) is 0 Å². The second kappa shape index (κ2) is 4.55. The van der Waals surface area contributed by atoms with Crippen molar-refractivity contribution in [2.75, 3.05) is 17.2 Å². The monoisotopic (exact) mass is 231 g/mol. The van der Waals surface area contributed by atoms with Crippen molar-refractivity contribution >= 4 is 11.5 Å². The van der Waals surface area contributed by atoms with E-state index in [2.05, 4.69) is 9.88 Å². The molecule has 2 aliphatic rings. The molecule has 0 radical (unpaired) electrons. The van der Waals surface area contributed by atoms with Crippen molar-refractivity contribution in [3.8, 4) is 0 Å². The summed E-state index contributed by atoms with van der Waals surface area (Å²) in [6.45, 7) is 1.13. The van der Waals surface area contributed by atoms with Gasteiger partial charge in [0.15, 0.2) is 5.82 Å². The predicted octanol–water partition coefficient (Wildman–Crippen LogP) is 2.82. The quantitative estimate of drug-likeness (QED) is 0.808. The molecule has 2 N–H and O–H groups in total. The van der Waals surface area contributed by atoms with Crippen LogP contribution in [0.2, 0.25) is 0 Å². The minimum atomic E-state index is 0.690. The fraction of sp³-hybridized carbons (Fsp3) is 0.643. The fourth-order valence-electron chi connectivity index (χ4n) is 3.54. The second-order valence-corrected chi connectivity index (χ2v) is 5.36. The third-order valence-corrected chi connectivity index (χ3v) is 4.33. The summed E-state index contributed by atoms with van der Waals surface area (Å²) in [7, 11) is 0. The topological polar surface area (TPSA) is 42.1 Å². The summed E-state index contributed by atoms with van der Waals surface area (Å²) in [5.74, 6) is 1.89. The Hall–Kier alpha value is -1.25. The van der Waals surface area contributed by atoms with Crippen LogP contribution in [0.1, 0.15) is 38.5 Å². The van der Waals surface area contributed by atoms with Gasteiger partial charge in [0.25, 0.3) is 0 Å². The molecule has 0 amide bonds. The minimum absolute atomic E-state index is 0.690. The first kappa shape index (κ1) is 10.9. The molecule has 1 unspecified atom stereocenters. The zero-order chi connectivity index (χ0) is 11.7. The first-order valence-corrected chi connectivity index (χ1v) is 6.83. The van der Waals surface area contributed by atoms with Gasteiger partial charge in [-0.15, -0.1) is 0 Å². The highest BCUT2D eigenvalue weighted by molar-refractivity contribution is 5.63. The lowest BCUT2D eigenvalue weighted by Gasteiger charge is -2.45. The molecule has 0 bridgehead atoms. The summed E-state index contributed by atoms with van der Waals surface area (Å²) >= 11 is 0. The Morgan fingerprint density at radius 1 is 1.18 bits per heavy atom. The third-order valence-electron chi connectivity index (χ3n) is 4.33. The van der Waals surface area contributed by atoms with Gasteiger partial charge in [-0.1, -0.05) is 12.8 Å². The minimum Gasteiger partial charge on any atom is -0.396 e. The molecule has 2 atom stereocenters. The fourth-order valence-corrected chi connectivity index (χ4v) is 3.54. The summed E-state index contributed by atoms with van der Waals surface area (Å²) in [6.07, 6.45) is 10.0. The molecule has 1 saturated heterocycles. The number of pyridine rings is 1. The van der Waals surface area contributed by atoms with E-state index >= 15 is 0 Å². The van der Waals surface area contributed by atoms with Crippen molar-refractivity contribution in [1.82, 2.24) is 4.98 Å². The van der Waals surface area contributed by atoms with E-state index < -0.39 is 0 Å². The average molecular weight is 231 g/mol. The van der Waals surface area contributed by atoms with Gasteiger partial charge in [0.05, 0.1) is 5.69 Å². The number of hydrogen-bond acceptors (Lipinski definition) is 3. The third kappa shape index (κ3) is 1.99. The van der Waals surface area contributed by atoms with Gasteiger partial charge in [-0.05, 0) is 43.7 Å². The van der Waals surface area contributed by atoms with Gasteiger partial charge in [-0.2, -0.15) is 0 Å². The smallest absolute Gasteiger partial charge is 0.152 e. The molecule has 2 fully saturated rings. The zero-order valence-electron chi connectivity index (χ0n) is 10.3. The van der Waals surface area contributed by atoms with Crippen molar-refractivity contribution in [3.63, 3.8) is 0 Å². The van der Waals surface area contributed by atoms with Crippen LogP contribution in [0, 0.1) is 5.92 Å². The van der Waals surface area contributed by atoms with Crippen molar-refractivity contribution in [2.45, 2.75) is 44.6 Å². The van der Waals surface area contributed by atoms with Crippen LogP contribution in [0.15, 0.2) is 18.3 Å². The average Bonchev–Trinajstić information content (AvgIpc) is 2.39. The number of aromatic nitrogens is 1. The Balaban J connectivity index is 1.88. The Labute approximate surface area is 103 Å². The summed E-state index contributed by atoms with van der Waals surface area (Å²) in [5, 5.41) is 0. The molecular formula is C14H21N3. The predicted molar refractivity (Wildman–Crippen MR) is 71.0 cm³/mol. The molecule has 3 nitrogen and oxygen atoms in total. The number of rotatable bonds is 1. The molecule has 1 aromatic rings. The Bertz CT molecular complexity index is 389. The maximum absolute atomic E-state index is 6.07. The van der Waals surface area contributed by atoms with E-state index in [9.17, 15) is 0 Å². The summed E-state index contributed by atoms with van der Waals surface area (Å²) in [5.41, 5.74) is 6.90. The number of nitrogen functional groups attached to an aromatic ring is 1. The number of hydrogen-bond donors (Lipinski definition) is 1. The molecule has 0 aromatic carbocycles. The van der Waals surface area contributed by atoms with E-state index in [0.29, 0.717) is 6.04 Å². The largest absolute Gasteiger partial charge is 0.396 e. The van der Waals surface area contributed by atoms with E-state index in [1.54, 1.807) is 0 Å². The molecule has 3 heteroatoms. The lowest BCUT2D eigenvalue weighted by Crippen LogP contribution is -2.47. The van der Waals surface area contributed by atoms with E-state index in [1.165, 1.54) is 38.5 Å². The second-order valence-electron chi connectivity index (χ2n) is 5.36. The molecule has 3 rings (SSSR count). The maximum atomic E-state index is 6.07. The van der Waals surface area contributed by atoms with E-state index in [0.717, 1.165) is 24.0 Å². The van der Waals surface area contributed by atoms with Crippen molar-refractivity contribution in [3.05, 3.63) is 18.3 Å². The lowest BCUT2D eigenvalue weighted by molar-refractivity contribution is 0.243. The van der Waals surface area contributed by atoms with Gasteiger partial charge in [0.1, 0.15) is 0 Å². The van der Waals surface area contributed by atoms with Crippen LogP contribution >= 0.6 is 0 Å². The van der Waals surface area contributed by atoms with Gasteiger partial charge in [-0.3, -0.25) is 0 Å². The van der Waals surface area contributed by atoms with Crippen LogP contribution < -0.4 is 10.6 Å². The molecule has 2 heterocycles. The SMILES string of the molecule is Nc1cccnc1N1CCC[C@@H]2CCCCC21. The van der Waals surface area contributed by atoms with Gasteiger partial charge in [0, 0.05) is 18.8 Å². The lowest BCUT2D eigenvalue weighted by atomic mass is 9.78. The highest BCUT2D eigenvalue weighted by Gasteiger charge is 2.34. The molecular weight excluding hydrogens is 210 g/mol. The zero-order valence-corrected chi connectivity index (χ0v) is 10.3. The summed E-state index contributed by atoms with van der Waals surface area (Å²) < 4.78 is 0. The Morgan fingerprint density at radius 2 is 2.00 bits per heavy atom. The molecule has 17 heavy (non-hydrogen) atoms. The normalized spacial score (nSPS) is 28.8. The Kier molecular flexibility index (Phi) is 2.91. The van der Waals surface area contributed by atoms with Gasteiger partial charge >= 0.3 is 0 Å². The number of fused-ring (bicyclic) bond motifs is 1. The molecule has 1 aliphatic heterocycles. The highest BCUT2D eigenvalue weighted by Crippen LogP contribution is 2.38. The van der Waals surface area contributed by atoms with Crippen LogP contribution in [0.25, 0.3) is 0 Å². The van der Waals surface area contributed by atoms with Crippen molar-refractivity contribution in [1.29, 1.82) is 0 Å². The van der Waals surface area contributed by atoms with Crippen LogP contribution in [0.5, 0.6) is 0 Å². The first-order chi connectivity index (χ1) is 8.36. The number of nitrogens with two attached hydrogens (primary N) is 1. The van der Waals surface area contributed by atoms with Crippen LogP contribution in [0.4, 0.5) is 11.5 Å². The van der Waals surface area contributed by atoms with E-state index in [-0.39, 0.29) is 0 Å². The number of anilines is 2. The number of piperidine rings is 1. The van der Waals surface area contributed by atoms with Gasteiger partial charge < -0.3 is 10.6 Å². The molecule has 1 aliphatic carbocycles. The Morgan fingerprint density at radius 3 is 2.88 bits per heavy atom.